The van der Waals surface area contributed by atoms with Crippen LogP contribution in [0.15, 0.2) is 30.3 Å². The second kappa shape index (κ2) is 7.46. The van der Waals surface area contributed by atoms with E-state index >= 15 is 0 Å². The lowest BCUT2D eigenvalue weighted by Crippen LogP contribution is -2.46. The van der Waals surface area contributed by atoms with E-state index in [0.29, 0.717) is 19.0 Å². The molecule has 0 aliphatic carbocycles. The molecule has 2 atom stereocenters. The number of benzene rings is 1. The van der Waals surface area contributed by atoms with Gasteiger partial charge in [0.05, 0.1) is 0 Å². The van der Waals surface area contributed by atoms with Gasteiger partial charge in [-0.2, -0.15) is 0 Å². The van der Waals surface area contributed by atoms with Crippen molar-refractivity contribution in [2.45, 2.75) is 25.4 Å². The predicted octanol–water partition coefficient (Wildman–Crippen LogP) is 0.696. The van der Waals surface area contributed by atoms with Crippen LogP contribution in [0.4, 0.5) is 4.79 Å². The standard InChI is InChI=1S/C17H24N4O2/c22-16(15-10-19-17(23)20-15)18-9-14-7-4-8-21(12-14)11-13-5-2-1-3-6-13/h1-3,5-6,14-15H,4,7-12H2,(H,18,22)(H2,19,20,23)/t14-,15+/m0/s1. The van der Waals surface area contributed by atoms with Gasteiger partial charge < -0.3 is 16.0 Å². The zero-order valence-corrected chi connectivity index (χ0v) is 13.3. The summed E-state index contributed by atoms with van der Waals surface area (Å²) in [6.07, 6.45) is 2.30. The molecule has 6 nitrogen and oxygen atoms in total. The molecular formula is C17H24N4O2. The Kier molecular flexibility index (Phi) is 5.12. The van der Waals surface area contributed by atoms with Crippen molar-refractivity contribution in [1.29, 1.82) is 0 Å². The van der Waals surface area contributed by atoms with E-state index in [1.54, 1.807) is 0 Å². The summed E-state index contributed by atoms with van der Waals surface area (Å²) in [4.78, 5) is 25.6. The second-order valence-electron chi connectivity index (χ2n) is 6.38. The van der Waals surface area contributed by atoms with Gasteiger partial charge in [0.15, 0.2) is 0 Å². The zero-order chi connectivity index (χ0) is 16.1. The van der Waals surface area contributed by atoms with Crippen molar-refractivity contribution in [3.05, 3.63) is 35.9 Å². The molecule has 2 fully saturated rings. The SMILES string of the molecule is O=C1NC[C@H](C(=O)NC[C@@H]2CCCN(Cc3ccccc3)C2)N1. The normalized spacial score (nSPS) is 24.8. The number of nitrogens with one attached hydrogen (secondary N) is 3. The number of hydrogen-bond donors (Lipinski definition) is 3. The zero-order valence-electron chi connectivity index (χ0n) is 13.3. The summed E-state index contributed by atoms with van der Waals surface area (Å²) in [5.41, 5.74) is 1.33. The summed E-state index contributed by atoms with van der Waals surface area (Å²) in [6, 6.07) is 9.78. The van der Waals surface area contributed by atoms with E-state index in [-0.39, 0.29) is 11.9 Å². The van der Waals surface area contributed by atoms with Crippen molar-refractivity contribution >= 4 is 11.9 Å². The second-order valence-corrected chi connectivity index (χ2v) is 6.38. The molecular weight excluding hydrogens is 292 g/mol. The molecule has 0 radical (unpaired) electrons. The van der Waals surface area contributed by atoms with Gasteiger partial charge in [-0.3, -0.25) is 9.69 Å². The van der Waals surface area contributed by atoms with E-state index in [1.807, 2.05) is 6.07 Å². The Labute approximate surface area is 136 Å². The van der Waals surface area contributed by atoms with Crippen LogP contribution in [0.25, 0.3) is 0 Å². The van der Waals surface area contributed by atoms with E-state index in [4.69, 9.17) is 0 Å². The fourth-order valence-corrected chi connectivity index (χ4v) is 3.28. The van der Waals surface area contributed by atoms with Crippen molar-refractivity contribution < 1.29 is 9.59 Å². The van der Waals surface area contributed by atoms with Gasteiger partial charge in [-0.1, -0.05) is 30.3 Å². The molecule has 2 saturated heterocycles. The third-order valence-corrected chi connectivity index (χ3v) is 4.51. The lowest BCUT2D eigenvalue weighted by Gasteiger charge is -2.33. The molecule has 1 aromatic carbocycles. The van der Waals surface area contributed by atoms with Crippen LogP contribution in [0.1, 0.15) is 18.4 Å². The van der Waals surface area contributed by atoms with Gasteiger partial charge in [0.25, 0.3) is 0 Å². The van der Waals surface area contributed by atoms with Crippen molar-refractivity contribution in [2.24, 2.45) is 5.92 Å². The minimum absolute atomic E-state index is 0.0940. The van der Waals surface area contributed by atoms with Crippen LogP contribution in [0, 0.1) is 5.92 Å². The van der Waals surface area contributed by atoms with E-state index in [1.165, 1.54) is 5.56 Å². The lowest BCUT2D eigenvalue weighted by molar-refractivity contribution is -0.122. The van der Waals surface area contributed by atoms with Crippen LogP contribution < -0.4 is 16.0 Å². The number of hydrogen-bond acceptors (Lipinski definition) is 3. The van der Waals surface area contributed by atoms with E-state index in [2.05, 4.69) is 45.1 Å². The van der Waals surface area contributed by atoms with Crippen LogP contribution in [0.5, 0.6) is 0 Å². The van der Waals surface area contributed by atoms with Crippen molar-refractivity contribution in [3.63, 3.8) is 0 Å². The molecule has 2 aliphatic heterocycles. The van der Waals surface area contributed by atoms with Gasteiger partial charge in [0.1, 0.15) is 6.04 Å². The topological polar surface area (TPSA) is 73.5 Å². The first-order valence-electron chi connectivity index (χ1n) is 8.29. The third-order valence-electron chi connectivity index (χ3n) is 4.51. The van der Waals surface area contributed by atoms with Gasteiger partial charge in [-0.25, -0.2) is 4.79 Å². The first kappa shape index (κ1) is 15.8. The maximum atomic E-state index is 12.0. The first-order chi connectivity index (χ1) is 11.2. The molecule has 0 aromatic heterocycles. The van der Waals surface area contributed by atoms with E-state index in [9.17, 15) is 9.59 Å². The molecule has 3 amide bonds. The van der Waals surface area contributed by atoms with Crippen LogP contribution in [-0.2, 0) is 11.3 Å². The molecule has 0 bridgehead atoms. The molecule has 0 unspecified atom stereocenters. The largest absolute Gasteiger partial charge is 0.354 e. The number of piperidine rings is 1. The van der Waals surface area contributed by atoms with Crippen LogP contribution in [0.3, 0.4) is 0 Å². The van der Waals surface area contributed by atoms with Crippen LogP contribution in [-0.4, -0.2) is 49.1 Å². The Morgan fingerprint density at radius 1 is 1.30 bits per heavy atom. The number of rotatable bonds is 5. The highest BCUT2D eigenvalue weighted by molar-refractivity contribution is 5.90. The fourth-order valence-electron chi connectivity index (χ4n) is 3.28. The number of carbonyl (C=O) groups is 2. The molecule has 3 N–H and O–H groups in total. The summed E-state index contributed by atoms with van der Waals surface area (Å²) in [5.74, 6) is 0.380. The highest BCUT2D eigenvalue weighted by Gasteiger charge is 2.27. The molecule has 3 rings (SSSR count). The summed E-state index contributed by atoms with van der Waals surface area (Å²) in [6.45, 7) is 4.13. The van der Waals surface area contributed by atoms with Crippen LogP contribution in [0.2, 0.25) is 0 Å². The Balaban J connectivity index is 1.43. The highest BCUT2D eigenvalue weighted by atomic mass is 16.2. The summed E-state index contributed by atoms with van der Waals surface area (Å²) < 4.78 is 0. The fraction of sp³-hybridized carbons (Fsp3) is 0.529. The monoisotopic (exact) mass is 316 g/mol. The Morgan fingerprint density at radius 2 is 2.13 bits per heavy atom. The maximum Gasteiger partial charge on any atom is 0.315 e. The molecule has 0 saturated carbocycles. The van der Waals surface area contributed by atoms with Gasteiger partial charge >= 0.3 is 6.03 Å². The smallest absolute Gasteiger partial charge is 0.315 e. The molecule has 2 aliphatic rings. The number of amides is 3. The van der Waals surface area contributed by atoms with Crippen molar-refractivity contribution in [2.75, 3.05) is 26.2 Å². The average Bonchev–Trinajstić information content (AvgIpc) is 3.01. The number of urea groups is 1. The van der Waals surface area contributed by atoms with E-state index < -0.39 is 6.04 Å². The minimum atomic E-state index is -0.438. The number of nitrogens with zero attached hydrogens (tertiary/aromatic N) is 1. The third kappa shape index (κ3) is 4.45. The molecule has 124 valence electrons. The van der Waals surface area contributed by atoms with Crippen LogP contribution >= 0.6 is 0 Å². The highest BCUT2D eigenvalue weighted by Crippen LogP contribution is 2.18. The molecule has 1 aromatic rings. The molecule has 6 heteroatoms. The van der Waals surface area contributed by atoms with Crippen molar-refractivity contribution in [3.8, 4) is 0 Å². The first-order valence-corrected chi connectivity index (χ1v) is 8.29. The van der Waals surface area contributed by atoms with Gasteiger partial charge in [0, 0.05) is 26.2 Å². The summed E-state index contributed by atoms with van der Waals surface area (Å²) in [7, 11) is 0. The van der Waals surface area contributed by atoms with Crippen molar-refractivity contribution in [1.82, 2.24) is 20.9 Å². The summed E-state index contributed by atoms with van der Waals surface area (Å²) in [5, 5.41) is 8.19. The Morgan fingerprint density at radius 3 is 2.87 bits per heavy atom. The minimum Gasteiger partial charge on any atom is -0.354 e. The predicted molar refractivity (Wildman–Crippen MR) is 87.8 cm³/mol. The molecule has 0 spiro atoms. The Bertz CT molecular complexity index is 549. The molecule has 23 heavy (non-hydrogen) atoms. The number of likely N-dealkylation sites (tertiary alicyclic amines) is 1. The van der Waals surface area contributed by atoms with Gasteiger partial charge in [0.2, 0.25) is 5.91 Å². The van der Waals surface area contributed by atoms with E-state index in [0.717, 1.165) is 32.5 Å². The van der Waals surface area contributed by atoms with Gasteiger partial charge in [-0.05, 0) is 30.9 Å². The van der Waals surface area contributed by atoms with Gasteiger partial charge in [-0.15, -0.1) is 0 Å². The quantitative estimate of drug-likeness (QED) is 0.748. The summed E-state index contributed by atoms with van der Waals surface area (Å²) >= 11 is 0. The maximum absolute atomic E-state index is 12.0. The molecule has 2 heterocycles. The number of carbonyl (C=O) groups excluding carboxylic acids is 2. The average molecular weight is 316 g/mol. The Hall–Kier alpha value is -2.08. The lowest BCUT2D eigenvalue weighted by atomic mass is 9.97.